The minimum atomic E-state index is -0.973. The maximum atomic E-state index is 12.0. The summed E-state index contributed by atoms with van der Waals surface area (Å²) in [6, 6.07) is 0. The quantitative estimate of drug-likeness (QED) is 0.295. The monoisotopic (exact) mass is 270 g/mol. The van der Waals surface area contributed by atoms with Crippen LogP contribution >= 0.6 is 0 Å². The van der Waals surface area contributed by atoms with Gasteiger partial charge in [0, 0.05) is 6.54 Å². The molecule has 19 heavy (non-hydrogen) atoms. The van der Waals surface area contributed by atoms with Gasteiger partial charge in [-0.05, 0) is 52.2 Å². The van der Waals surface area contributed by atoms with Crippen LogP contribution in [-0.2, 0) is 4.79 Å². The van der Waals surface area contributed by atoms with E-state index in [0.29, 0.717) is 12.5 Å². The molecule has 0 saturated carbocycles. The molecule has 0 bridgehead atoms. The van der Waals surface area contributed by atoms with E-state index in [1.165, 1.54) is 0 Å². The Bertz CT molecular complexity index is 334. The number of hydrogen-bond acceptors (Lipinski definition) is 4. The minimum absolute atomic E-state index is 0.0641. The van der Waals surface area contributed by atoms with Gasteiger partial charge >= 0.3 is 0 Å². The number of piperidine rings is 1. The zero-order valence-corrected chi connectivity index (χ0v) is 12.1. The maximum absolute atomic E-state index is 12.0. The van der Waals surface area contributed by atoms with Gasteiger partial charge in [-0.2, -0.15) is 0 Å². The van der Waals surface area contributed by atoms with Gasteiger partial charge in [0.15, 0.2) is 5.84 Å². The van der Waals surface area contributed by atoms with E-state index in [1.54, 1.807) is 13.8 Å². The van der Waals surface area contributed by atoms with Gasteiger partial charge in [0.1, 0.15) is 5.41 Å². The first kappa shape index (κ1) is 15.8. The lowest BCUT2D eigenvalue weighted by atomic mass is 9.90. The van der Waals surface area contributed by atoms with Gasteiger partial charge in [-0.15, -0.1) is 0 Å². The Morgan fingerprint density at radius 1 is 1.47 bits per heavy atom. The lowest BCUT2D eigenvalue weighted by molar-refractivity contribution is -0.126. The Hall–Kier alpha value is -1.30. The van der Waals surface area contributed by atoms with E-state index in [1.807, 2.05) is 0 Å². The molecule has 0 aromatic rings. The van der Waals surface area contributed by atoms with E-state index in [9.17, 15) is 4.79 Å². The second-order valence-electron chi connectivity index (χ2n) is 5.70. The predicted octanol–water partition coefficient (Wildman–Crippen LogP) is 0.607. The molecule has 0 unspecified atom stereocenters. The summed E-state index contributed by atoms with van der Waals surface area (Å²) in [5.74, 6) is 0.265. The fourth-order valence-corrected chi connectivity index (χ4v) is 2.21. The van der Waals surface area contributed by atoms with Gasteiger partial charge in [-0.25, -0.2) is 0 Å². The fourth-order valence-electron chi connectivity index (χ4n) is 2.21. The van der Waals surface area contributed by atoms with Crippen molar-refractivity contribution in [2.24, 2.45) is 22.2 Å². The van der Waals surface area contributed by atoms with E-state index in [2.05, 4.69) is 22.3 Å². The standard InChI is InChI=1S/C13H26N4O2/c1-4-17-7-5-10(6-8-17)9-15-12(18)13(2,3)11(14)16-19/h10,19H,4-9H2,1-3H3,(H2,14,16)(H,15,18). The van der Waals surface area contributed by atoms with Crippen molar-refractivity contribution < 1.29 is 10.0 Å². The van der Waals surface area contributed by atoms with Crippen molar-refractivity contribution in [1.29, 1.82) is 0 Å². The molecular weight excluding hydrogens is 244 g/mol. The van der Waals surface area contributed by atoms with Crippen molar-refractivity contribution in [2.45, 2.75) is 33.6 Å². The van der Waals surface area contributed by atoms with Crippen LogP contribution in [0.3, 0.4) is 0 Å². The van der Waals surface area contributed by atoms with Crippen molar-refractivity contribution in [3.05, 3.63) is 0 Å². The summed E-state index contributed by atoms with van der Waals surface area (Å²) in [6.45, 7) is 9.42. The lowest BCUT2D eigenvalue weighted by Gasteiger charge is -2.31. The Labute approximate surface area is 115 Å². The Morgan fingerprint density at radius 2 is 2.05 bits per heavy atom. The molecule has 0 radical (unpaired) electrons. The number of likely N-dealkylation sites (tertiary alicyclic amines) is 1. The van der Waals surface area contributed by atoms with Crippen LogP contribution in [0.1, 0.15) is 33.6 Å². The van der Waals surface area contributed by atoms with E-state index >= 15 is 0 Å². The van der Waals surface area contributed by atoms with Crippen molar-refractivity contribution in [3.63, 3.8) is 0 Å². The van der Waals surface area contributed by atoms with Gasteiger partial charge in [-0.1, -0.05) is 12.1 Å². The van der Waals surface area contributed by atoms with Gasteiger partial charge in [-0.3, -0.25) is 4.79 Å². The zero-order valence-electron chi connectivity index (χ0n) is 12.1. The Kier molecular flexibility index (Phi) is 5.60. The highest BCUT2D eigenvalue weighted by Gasteiger charge is 2.33. The van der Waals surface area contributed by atoms with Crippen molar-refractivity contribution in [1.82, 2.24) is 10.2 Å². The summed E-state index contributed by atoms with van der Waals surface area (Å²) in [7, 11) is 0. The third-order valence-electron chi connectivity index (χ3n) is 4.02. The number of amidine groups is 1. The molecule has 4 N–H and O–H groups in total. The van der Waals surface area contributed by atoms with Crippen molar-refractivity contribution >= 4 is 11.7 Å². The van der Waals surface area contributed by atoms with Crippen LogP contribution < -0.4 is 11.1 Å². The molecule has 6 nitrogen and oxygen atoms in total. The maximum Gasteiger partial charge on any atom is 0.233 e. The first-order valence-electron chi connectivity index (χ1n) is 6.90. The van der Waals surface area contributed by atoms with E-state index in [4.69, 9.17) is 10.9 Å². The number of nitrogens with one attached hydrogen (secondary N) is 1. The molecule has 6 heteroatoms. The fraction of sp³-hybridized carbons (Fsp3) is 0.846. The highest BCUT2D eigenvalue weighted by molar-refractivity contribution is 6.05. The molecule has 0 aromatic carbocycles. The van der Waals surface area contributed by atoms with Gasteiger partial charge in [0.2, 0.25) is 5.91 Å². The highest BCUT2D eigenvalue weighted by Crippen LogP contribution is 2.18. The molecule has 0 atom stereocenters. The zero-order chi connectivity index (χ0) is 14.5. The highest BCUT2D eigenvalue weighted by atomic mass is 16.4. The topological polar surface area (TPSA) is 91.0 Å². The molecule has 1 heterocycles. The third-order valence-corrected chi connectivity index (χ3v) is 4.02. The average Bonchev–Trinajstić information content (AvgIpc) is 2.44. The summed E-state index contributed by atoms with van der Waals surface area (Å²) in [6.07, 6.45) is 2.22. The van der Waals surface area contributed by atoms with Crippen molar-refractivity contribution in [3.8, 4) is 0 Å². The van der Waals surface area contributed by atoms with Gasteiger partial charge in [0.25, 0.3) is 0 Å². The number of carbonyl (C=O) groups is 1. The number of carbonyl (C=O) groups excluding carboxylic acids is 1. The van der Waals surface area contributed by atoms with E-state index < -0.39 is 5.41 Å². The van der Waals surface area contributed by atoms with Crippen LogP contribution in [0.5, 0.6) is 0 Å². The summed E-state index contributed by atoms with van der Waals surface area (Å²) in [5, 5.41) is 14.5. The van der Waals surface area contributed by atoms with Crippen LogP contribution in [-0.4, -0.2) is 48.0 Å². The molecule has 1 fully saturated rings. The number of rotatable bonds is 5. The minimum Gasteiger partial charge on any atom is -0.409 e. The van der Waals surface area contributed by atoms with Crippen LogP contribution in [0.15, 0.2) is 5.16 Å². The molecule has 0 spiro atoms. The summed E-state index contributed by atoms with van der Waals surface area (Å²) in [5.41, 5.74) is 4.56. The number of oxime groups is 1. The van der Waals surface area contributed by atoms with Gasteiger partial charge < -0.3 is 21.2 Å². The van der Waals surface area contributed by atoms with Crippen LogP contribution in [0.25, 0.3) is 0 Å². The number of hydrogen-bond donors (Lipinski definition) is 3. The van der Waals surface area contributed by atoms with Crippen LogP contribution in [0.4, 0.5) is 0 Å². The molecule has 1 aliphatic heterocycles. The van der Waals surface area contributed by atoms with Gasteiger partial charge in [0.05, 0.1) is 0 Å². The molecule has 1 aliphatic rings. The first-order valence-corrected chi connectivity index (χ1v) is 6.90. The second kappa shape index (κ2) is 6.75. The molecule has 0 aliphatic carbocycles. The predicted molar refractivity (Wildman–Crippen MR) is 75.0 cm³/mol. The molecule has 0 aromatic heterocycles. The third kappa shape index (κ3) is 4.09. The number of amides is 1. The molecule has 1 rings (SSSR count). The first-order chi connectivity index (χ1) is 8.91. The lowest BCUT2D eigenvalue weighted by Crippen LogP contribution is -2.48. The molecular formula is C13H26N4O2. The second-order valence-corrected chi connectivity index (χ2v) is 5.70. The van der Waals surface area contributed by atoms with E-state index in [-0.39, 0.29) is 11.7 Å². The van der Waals surface area contributed by atoms with Crippen LogP contribution in [0.2, 0.25) is 0 Å². The SMILES string of the molecule is CCN1CCC(CNC(=O)C(C)(C)C(N)=NO)CC1. The van der Waals surface area contributed by atoms with E-state index in [0.717, 1.165) is 32.5 Å². The number of nitrogens with two attached hydrogens (primary N) is 1. The normalized spacial score (nSPS) is 19.4. The summed E-state index contributed by atoms with van der Waals surface area (Å²) < 4.78 is 0. The number of nitrogens with zero attached hydrogens (tertiary/aromatic N) is 2. The summed E-state index contributed by atoms with van der Waals surface area (Å²) >= 11 is 0. The molecule has 1 saturated heterocycles. The molecule has 1 amide bonds. The average molecular weight is 270 g/mol. The summed E-state index contributed by atoms with van der Waals surface area (Å²) in [4.78, 5) is 14.5. The largest absolute Gasteiger partial charge is 0.409 e. The smallest absolute Gasteiger partial charge is 0.233 e. The molecule has 110 valence electrons. The van der Waals surface area contributed by atoms with Crippen LogP contribution in [0, 0.1) is 11.3 Å². The Morgan fingerprint density at radius 3 is 2.53 bits per heavy atom. The van der Waals surface area contributed by atoms with Crippen molar-refractivity contribution in [2.75, 3.05) is 26.2 Å². The Balaban J connectivity index is 2.39.